The van der Waals surface area contributed by atoms with Gasteiger partial charge in [-0.1, -0.05) is 54.7 Å². The van der Waals surface area contributed by atoms with E-state index < -0.39 is 0 Å². The average molecular weight is 375 g/mol. The zero-order valence-corrected chi connectivity index (χ0v) is 16.2. The van der Waals surface area contributed by atoms with E-state index in [0.717, 1.165) is 38.6 Å². The number of aromatic nitrogens is 1. The van der Waals surface area contributed by atoms with E-state index in [4.69, 9.17) is 4.99 Å². The summed E-state index contributed by atoms with van der Waals surface area (Å²) in [5.74, 6) is 0.250. The van der Waals surface area contributed by atoms with Crippen LogP contribution in [0.5, 0.6) is 5.88 Å². The van der Waals surface area contributed by atoms with Crippen molar-refractivity contribution in [1.82, 2.24) is 4.57 Å². The number of hydrogen-bond acceptors (Lipinski definition) is 4. The molecular weight excluding hydrogens is 354 g/mol. The van der Waals surface area contributed by atoms with Crippen molar-refractivity contribution in [3.05, 3.63) is 69.3 Å². The maximum absolute atomic E-state index is 10.7. The van der Waals surface area contributed by atoms with Crippen LogP contribution < -0.4 is 4.80 Å². The van der Waals surface area contributed by atoms with E-state index in [-0.39, 0.29) is 5.88 Å². The summed E-state index contributed by atoms with van der Waals surface area (Å²) >= 11 is 1.49. The van der Waals surface area contributed by atoms with Crippen molar-refractivity contribution in [2.45, 2.75) is 26.8 Å². The summed E-state index contributed by atoms with van der Waals surface area (Å²) in [4.78, 5) is 10.9. The lowest BCUT2D eigenvalue weighted by Gasteiger charge is -2.03. The van der Waals surface area contributed by atoms with Crippen molar-refractivity contribution in [1.29, 1.82) is 0 Å². The Morgan fingerprint density at radius 2 is 1.89 bits per heavy atom. The molecule has 0 aliphatic carbocycles. The predicted molar refractivity (Wildman–Crippen MR) is 113 cm³/mol. The van der Waals surface area contributed by atoms with Gasteiger partial charge >= 0.3 is 0 Å². The van der Waals surface area contributed by atoms with E-state index in [1.54, 1.807) is 0 Å². The fraction of sp³-hybridized carbons (Fsp3) is 0.182. The van der Waals surface area contributed by atoms with Gasteiger partial charge in [-0.2, -0.15) is 0 Å². The van der Waals surface area contributed by atoms with E-state index in [2.05, 4.69) is 24.0 Å². The first-order valence-electron chi connectivity index (χ1n) is 9.11. The normalized spacial score (nSPS) is 14.9. The number of thiazole rings is 1. The van der Waals surface area contributed by atoms with Crippen LogP contribution in [0.1, 0.15) is 29.9 Å². The van der Waals surface area contributed by atoms with Crippen molar-refractivity contribution < 1.29 is 5.11 Å². The lowest BCUT2D eigenvalue weighted by molar-refractivity contribution is 0.416. The highest BCUT2D eigenvalue weighted by Gasteiger charge is 2.15. The highest BCUT2D eigenvalue weighted by atomic mass is 32.1. The number of aliphatic imine (C=N–C) groups is 1. The Morgan fingerprint density at radius 3 is 2.70 bits per heavy atom. The first-order valence-corrected chi connectivity index (χ1v) is 9.93. The molecule has 5 heteroatoms. The molecule has 1 N–H and O–H groups in total. The van der Waals surface area contributed by atoms with E-state index in [0.29, 0.717) is 6.54 Å². The SMILES string of the molecule is CCc1ccccc1N=c1sc(C=C2C=Nc3ccccc32)c(O)n1CC. The number of nitrogens with zero attached hydrogens (tertiary/aromatic N) is 3. The van der Waals surface area contributed by atoms with Gasteiger partial charge in [-0.25, -0.2) is 4.99 Å². The molecular formula is C22H21N3OS. The molecule has 0 fully saturated rings. The van der Waals surface area contributed by atoms with E-state index in [9.17, 15) is 5.11 Å². The Kier molecular flexibility index (Phi) is 4.77. The summed E-state index contributed by atoms with van der Waals surface area (Å²) in [6.45, 7) is 4.80. The first kappa shape index (κ1) is 17.5. The summed E-state index contributed by atoms with van der Waals surface area (Å²) in [6.07, 6.45) is 4.77. The van der Waals surface area contributed by atoms with Crippen LogP contribution in [0.15, 0.2) is 58.5 Å². The third-order valence-electron chi connectivity index (χ3n) is 4.66. The van der Waals surface area contributed by atoms with Gasteiger partial charge in [0.2, 0.25) is 5.88 Å². The standard InChI is InChI=1S/C22H21N3OS/c1-3-15-9-5-7-11-18(15)24-22-25(4-2)21(26)20(27-22)13-16-14-23-19-12-8-6-10-17(16)19/h5-14,26H,3-4H2,1-2H3. The van der Waals surface area contributed by atoms with Gasteiger partial charge in [-0.15, -0.1) is 0 Å². The molecule has 0 unspecified atom stereocenters. The molecule has 0 saturated heterocycles. The minimum atomic E-state index is 0.250. The molecule has 0 atom stereocenters. The van der Waals surface area contributed by atoms with Gasteiger partial charge in [0.25, 0.3) is 0 Å². The first-order chi connectivity index (χ1) is 13.2. The van der Waals surface area contributed by atoms with Crippen LogP contribution in [0.3, 0.4) is 0 Å². The van der Waals surface area contributed by atoms with E-state index in [1.807, 2.05) is 60.2 Å². The molecule has 2 aromatic carbocycles. The van der Waals surface area contributed by atoms with Crippen LogP contribution in [0.4, 0.5) is 11.4 Å². The Morgan fingerprint density at radius 1 is 1.11 bits per heavy atom. The van der Waals surface area contributed by atoms with Crippen LogP contribution in [0, 0.1) is 0 Å². The van der Waals surface area contributed by atoms with Crippen molar-refractivity contribution >= 4 is 40.6 Å². The van der Waals surface area contributed by atoms with Crippen LogP contribution in [-0.2, 0) is 13.0 Å². The molecule has 0 radical (unpaired) electrons. The van der Waals surface area contributed by atoms with Crippen molar-refractivity contribution in [2.24, 2.45) is 9.98 Å². The van der Waals surface area contributed by atoms with Crippen molar-refractivity contribution in [3.8, 4) is 5.88 Å². The third-order valence-corrected chi connectivity index (χ3v) is 5.67. The van der Waals surface area contributed by atoms with Gasteiger partial charge < -0.3 is 5.11 Å². The van der Waals surface area contributed by atoms with Gasteiger partial charge in [-0.05, 0) is 37.1 Å². The number of benzene rings is 2. The smallest absolute Gasteiger partial charge is 0.211 e. The van der Waals surface area contributed by atoms with E-state index in [1.165, 1.54) is 16.9 Å². The zero-order chi connectivity index (χ0) is 18.8. The highest BCUT2D eigenvalue weighted by Crippen LogP contribution is 2.34. The molecule has 4 rings (SSSR count). The number of aryl methyl sites for hydroxylation is 1. The Hall–Kier alpha value is -2.92. The number of para-hydroxylation sites is 2. The molecule has 1 aromatic heterocycles. The maximum Gasteiger partial charge on any atom is 0.211 e. The highest BCUT2D eigenvalue weighted by molar-refractivity contribution is 7.10. The molecule has 1 aliphatic heterocycles. The number of rotatable bonds is 4. The van der Waals surface area contributed by atoms with Crippen molar-refractivity contribution in [3.63, 3.8) is 0 Å². The molecule has 0 amide bonds. The third kappa shape index (κ3) is 3.26. The van der Waals surface area contributed by atoms with Crippen LogP contribution in [0.2, 0.25) is 0 Å². The molecule has 136 valence electrons. The molecule has 0 spiro atoms. The summed E-state index contributed by atoms with van der Waals surface area (Å²) in [6, 6.07) is 16.2. The second kappa shape index (κ2) is 7.37. The summed E-state index contributed by atoms with van der Waals surface area (Å²) < 4.78 is 1.85. The van der Waals surface area contributed by atoms with Crippen LogP contribution >= 0.6 is 11.3 Å². The average Bonchev–Trinajstić information content (AvgIpc) is 3.24. The number of aromatic hydroxyl groups is 1. The molecule has 4 nitrogen and oxygen atoms in total. The van der Waals surface area contributed by atoms with Gasteiger partial charge in [0.15, 0.2) is 4.80 Å². The lowest BCUT2D eigenvalue weighted by atomic mass is 10.1. The second-order valence-corrected chi connectivity index (χ2v) is 7.29. The summed E-state index contributed by atoms with van der Waals surface area (Å²) in [5, 5.41) is 10.7. The largest absolute Gasteiger partial charge is 0.493 e. The molecule has 27 heavy (non-hydrogen) atoms. The van der Waals surface area contributed by atoms with Crippen LogP contribution in [0.25, 0.3) is 11.6 Å². The van der Waals surface area contributed by atoms with Crippen LogP contribution in [-0.4, -0.2) is 15.9 Å². The lowest BCUT2D eigenvalue weighted by Crippen LogP contribution is -2.12. The van der Waals surface area contributed by atoms with E-state index >= 15 is 0 Å². The molecule has 1 aliphatic rings. The fourth-order valence-electron chi connectivity index (χ4n) is 3.20. The zero-order valence-electron chi connectivity index (χ0n) is 15.4. The van der Waals surface area contributed by atoms with Crippen molar-refractivity contribution in [2.75, 3.05) is 0 Å². The predicted octanol–water partition coefficient (Wildman–Crippen LogP) is 5.33. The molecule has 2 heterocycles. The molecule has 3 aromatic rings. The number of fused-ring (bicyclic) bond motifs is 1. The topological polar surface area (TPSA) is 49.9 Å². The number of hydrogen-bond donors (Lipinski definition) is 1. The maximum atomic E-state index is 10.7. The minimum absolute atomic E-state index is 0.250. The second-order valence-electron chi connectivity index (χ2n) is 6.29. The molecule has 0 saturated carbocycles. The monoisotopic (exact) mass is 375 g/mol. The minimum Gasteiger partial charge on any atom is -0.493 e. The Bertz CT molecular complexity index is 1120. The van der Waals surface area contributed by atoms with Gasteiger partial charge in [0, 0.05) is 23.9 Å². The molecule has 0 bridgehead atoms. The summed E-state index contributed by atoms with van der Waals surface area (Å²) in [5.41, 5.74) is 5.21. The summed E-state index contributed by atoms with van der Waals surface area (Å²) in [7, 11) is 0. The Labute approximate surface area is 162 Å². The number of allylic oxidation sites excluding steroid dienone is 1. The fourth-order valence-corrected chi connectivity index (χ4v) is 4.26. The Balaban J connectivity index is 1.83. The van der Waals surface area contributed by atoms with Gasteiger partial charge in [0.1, 0.15) is 0 Å². The van der Waals surface area contributed by atoms with Gasteiger partial charge in [-0.3, -0.25) is 9.56 Å². The van der Waals surface area contributed by atoms with Gasteiger partial charge in [0.05, 0.1) is 16.3 Å². The quantitative estimate of drug-likeness (QED) is 0.659.